The molecular weight excluding hydrogens is 542 g/mol. The smallest absolute Gasteiger partial charge is 0.306 e. The molecule has 2 atom stereocenters. The number of pyridine rings is 1. The monoisotopic (exact) mass is 579 g/mol. The largest absolute Gasteiger partial charge is 0.469 e. The molecule has 1 N–H and O–H groups in total. The predicted molar refractivity (Wildman–Crippen MR) is 154 cm³/mol. The van der Waals surface area contributed by atoms with Gasteiger partial charge in [0.2, 0.25) is 0 Å². The zero-order valence-electron chi connectivity index (χ0n) is 22.7. The molecule has 3 aromatic rings. The second-order valence-corrected chi connectivity index (χ2v) is 11.8. The first kappa shape index (κ1) is 26.9. The molecule has 1 aromatic carbocycles. The molecule has 0 spiro atoms. The average Bonchev–Trinajstić information content (AvgIpc) is 3.51. The van der Waals surface area contributed by atoms with E-state index in [0.717, 1.165) is 78.4 Å². The molecule has 2 aliphatic heterocycles. The molecule has 0 aliphatic carbocycles. The van der Waals surface area contributed by atoms with E-state index in [9.17, 15) is 4.79 Å². The molecule has 1 saturated heterocycles. The van der Waals surface area contributed by atoms with Gasteiger partial charge < -0.3 is 15.0 Å². The number of likely N-dealkylation sites (tertiary alicyclic amines) is 1. The number of nitrogens with zero attached hydrogens (tertiary/aromatic N) is 4. The molecule has 4 heterocycles. The summed E-state index contributed by atoms with van der Waals surface area (Å²) in [7, 11) is 1.47. The highest BCUT2D eigenvalue weighted by Gasteiger charge is 2.27. The van der Waals surface area contributed by atoms with Crippen molar-refractivity contribution in [3.05, 3.63) is 69.1 Å². The van der Waals surface area contributed by atoms with Crippen LogP contribution >= 0.6 is 15.9 Å². The topological polar surface area (TPSA) is 72.3 Å². The van der Waals surface area contributed by atoms with Gasteiger partial charge in [-0.25, -0.2) is 9.67 Å². The van der Waals surface area contributed by atoms with Crippen LogP contribution in [0, 0.1) is 19.8 Å². The van der Waals surface area contributed by atoms with Crippen molar-refractivity contribution in [1.82, 2.24) is 19.7 Å². The number of benzene rings is 1. The number of fused-ring (bicyclic) bond motifs is 1. The lowest BCUT2D eigenvalue weighted by Crippen LogP contribution is -2.28. The first-order valence-electron chi connectivity index (χ1n) is 13.7. The molecule has 7 nitrogen and oxygen atoms in total. The normalized spacial score (nSPS) is 18.2. The SMILES string of the molecule is COC(=O)CC(CN1CC[C@@H](CCc2ccc3c(n2)NCCC3)C1)c1cc(Br)cc(-n2nc(C)cc2C)c1. The molecule has 0 saturated carbocycles. The molecule has 5 rings (SSSR count). The van der Waals surface area contributed by atoms with Gasteiger partial charge in [-0.15, -0.1) is 0 Å². The zero-order valence-corrected chi connectivity index (χ0v) is 24.3. The summed E-state index contributed by atoms with van der Waals surface area (Å²) >= 11 is 3.70. The number of carbonyl (C=O) groups excluding carboxylic acids is 1. The standard InChI is InChI=1S/C30H38BrN5O2/c1-20-13-21(2)36(34-20)28-15-24(14-26(31)17-28)25(16-29(37)38-3)19-35-12-10-22(18-35)6-8-27-9-7-23-5-4-11-32-30(23)33-27/h7,9,13-15,17,22,25H,4-6,8,10-12,16,18-19H2,1-3H3,(H,32,33)/t22-,25?/m1/s1. The quantitative estimate of drug-likeness (QED) is 0.332. The Morgan fingerprint density at radius 2 is 2.11 bits per heavy atom. The number of carbonyl (C=O) groups is 1. The molecule has 0 amide bonds. The number of nitrogens with one attached hydrogen (secondary N) is 1. The van der Waals surface area contributed by atoms with Gasteiger partial charge in [0, 0.05) is 41.4 Å². The number of halogens is 1. The predicted octanol–water partition coefficient (Wildman–Crippen LogP) is 5.61. The Labute approximate surface area is 234 Å². The Morgan fingerprint density at radius 3 is 2.89 bits per heavy atom. The number of anilines is 1. The van der Waals surface area contributed by atoms with Crippen molar-refractivity contribution in [2.24, 2.45) is 5.92 Å². The number of methoxy groups -OCH3 is 1. The van der Waals surface area contributed by atoms with Crippen molar-refractivity contribution in [2.75, 3.05) is 38.6 Å². The molecule has 8 heteroatoms. The molecule has 0 radical (unpaired) electrons. The van der Waals surface area contributed by atoms with Crippen LogP contribution in [-0.2, 0) is 22.4 Å². The number of hydrogen-bond donors (Lipinski definition) is 1. The molecule has 0 bridgehead atoms. The fourth-order valence-electron chi connectivity index (χ4n) is 5.90. The van der Waals surface area contributed by atoms with E-state index in [-0.39, 0.29) is 11.9 Å². The number of esters is 1. The Balaban J connectivity index is 1.25. The lowest BCUT2D eigenvalue weighted by Gasteiger charge is -2.24. The summed E-state index contributed by atoms with van der Waals surface area (Å²) in [6.45, 7) is 8.03. The maximum absolute atomic E-state index is 12.4. The highest BCUT2D eigenvalue weighted by Crippen LogP contribution is 2.31. The Morgan fingerprint density at radius 1 is 1.24 bits per heavy atom. The summed E-state index contributed by atoms with van der Waals surface area (Å²) in [5.41, 5.74) is 6.73. The van der Waals surface area contributed by atoms with Gasteiger partial charge in [-0.1, -0.05) is 22.0 Å². The summed E-state index contributed by atoms with van der Waals surface area (Å²) in [5, 5.41) is 8.12. The minimum absolute atomic E-state index is 0.0443. The van der Waals surface area contributed by atoms with Crippen LogP contribution in [-0.4, -0.2) is 58.9 Å². The minimum atomic E-state index is -0.175. The third-order valence-corrected chi connectivity index (χ3v) is 8.34. The second-order valence-electron chi connectivity index (χ2n) is 10.9. The summed E-state index contributed by atoms with van der Waals surface area (Å²) in [6.07, 6.45) is 6.01. The average molecular weight is 581 g/mol. The van der Waals surface area contributed by atoms with E-state index < -0.39 is 0 Å². The van der Waals surface area contributed by atoms with Gasteiger partial charge in [0.05, 0.1) is 24.9 Å². The highest BCUT2D eigenvalue weighted by molar-refractivity contribution is 9.10. The van der Waals surface area contributed by atoms with Crippen molar-refractivity contribution in [3.63, 3.8) is 0 Å². The number of ether oxygens (including phenoxy) is 1. The van der Waals surface area contributed by atoms with Gasteiger partial charge in [0.1, 0.15) is 5.82 Å². The Bertz CT molecular complexity index is 1290. The number of hydrogen-bond acceptors (Lipinski definition) is 6. The van der Waals surface area contributed by atoms with Crippen LogP contribution in [0.4, 0.5) is 5.82 Å². The van der Waals surface area contributed by atoms with Crippen molar-refractivity contribution in [3.8, 4) is 5.69 Å². The number of rotatable bonds is 9. The van der Waals surface area contributed by atoms with E-state index in [2.05, 4.69) is 74.6 Å². The van der Waals surface area contributed by atoms with Gasteiger partial charge in [0.15, 0.2) is 0 Å². The third kappa shape index (κ3) is 6.46. The van der Waals surface area contributed by atoms with Gasteiger partial charge >= 0.3 is 5.97 Å². The fraction of sp³-hybridized carbons (Fsp3) is 0.500. The molecule has 2 aromatic heterocycles. The summed E-state index contributed by atoms with van der Waals surface area (Å²) in [5.74, 6) is 1.60. The first-order chi connectivity index (χ1) is 18.4. The van der Waals surface area contributed by atoms with Crippen LogP contribution in [0.3, 0.4) is 0 Å². The number of aryl methyl sites for hydroxylation is 4. The zero-order chi connectivity index (χ0) is 26.6. The lowest BCUT2D eigenvalue weighted by molar-refractivity contribution is -0.141. The van der Waals surface area contributed by atoms with E-state index in [1.54, 1.807) is 0 Å². The molecule has 1 fully saturated rings. The maximum Gasteiger partial charge on any atom is 0.306 e. The van der Waals surface area contributed by atoms with E-state index >= 15 is 0 Å². The summed E-state index contributed by atoms with van der Waals surface area (Å²) in [6, 6.07) is 12.9. The summed E-state index contributed by atoms with van der Waals surface area (Å²) < 4.78 is 8.04. The third-order valence-electron chi connectivity index (χ3n) is 7.88. The second kappa shape index (κ2) is 12.0. The highest BCUT2D eigenvalue weighted by atomic mass is 79.9. The van der Waals surface area contributed by atoms with Gasteiger partial charge in [-0.3, -0.25) is 4.79 Å². The molecule has 38 heavy (non-hydrogen) atoms. The van der Waals surface area contributed by atoms with E-state index in [4.69, 9.17) is 9.72 Å². The van der Waals surface area contributed by atoms with Crippen LogP contribution in [0.1, 0.15) is 59.8 Å². The van der Waals surface area contributed by atoms with Crippen LogP contribution < -0.4 is 5.32 Å². The van der Waals surface area contributed by atoms with Gasteiger partial charge in [-0.2, -0.15) is 5.10 Å². The van der Waals surface area contributed by atoms with Crippen LogP contribution in [0.2, 0.25) is 0 Å². The van der Waals surface area contributed by atoms with Crippen LogP contribution in [0.5, 0.6) is 0 Å². The van der Waals surface area contributed by atoms with E-state index in [0.29, 0.717) is 12.3 Å². The first-order valence-corrected chi connectivity index (χ1v) is 14.5. The van der Waals surface area contributed by atoms with E-state index in [1.165, 1.54) is 31.2 Å². The van der Waals surface area contributed by atoms with Gasteiger partial charge in [-0.05, 0) is 99.9 Å². The van der Waals surface area contributed by atoms with Crippen molar-refractivity contribution >= 4 is 27.7 Å². The molecule has 1 unspecified atom stereocenters. The molecule has 202 valence electrons. The van der Waals surface area contributed by atoms with Gasteiger partial charge in [0.25, 0.3) is 0 Å². The van der Waals surface area contributed by atoms with Crippen LogP contribution in [0.15, 0.2) is 40.9 Å². The fourth-order valence-corrected chi connectivity index (χ4v) is 6.40. The van der Waals surface area contributed by atoms with Crippen LogP contribution in [0.25, 0.3) is 5.69 Å². The van der Waals surface area contributed by atoms with Crippen molar-refractivity contribution in [2.45, 2.75) is 58.3 Å². The lowest BCUT2D eigenvalue weighted by atomic mass is 9.94. The van der Waals surface area contributed by atoms with Crippen molar-refractivity contribution in [1.29, 1.82) is 0 Å². The molecule has 2 aliphatic rings. The maximum atomic E-state index is 12.4. The molecular formula is C30H38BrN5O2. The van der Waals surface area contributed by atoms with Crippen molar-refractivity contribution < 1.29 is 9.53 Å². The van der Waals surface area contributed by atoms with E-state index in [1.807, 2.05) is 11.6 Å². The Kier molecular flexibility index (Phi) is 8.48. The number of aromatic nitrogens is 3. The Hall–Kier alpha value is -2.71. The minimum Gasteiger partial charge on any atom is -0.469 e. The summed E-state index contributed by atoms with van der Waals surface area (Å²) in [4.78, 5) is 19.8.